The van der Waals surface area contributed by atoms with Crippen LogP contribution in [-0.4, -0.2) is 28.1 Å². The number of benzene rings is 1. The lowest BCUT2D eigenvalue weighted by atomic mass is 10.1. The van der Waals surface area contributed by atoms with Crippen LogP contribution in [0.1, 0.15) is 28.9 Å². The Morgan fingerprint density at radius 1 is 1.35 bits per heavy atom. The van der Waals surface area contributed by atoms with E-state index in [1.807, 2.05) is 43.1 Å². The molecule has 1 unspecified atom stereocenters. The van der Waals surface area contributed by atoms with Crippen molar-refractivity contribution in [3.63, 3.8) is 0 Å². The third kappa shape index (κ3) is 3.05. The number of aromatic carboxylic acids is 1. The minimum absolute atomic E-state index is 0.0179. The predicted molar refractivity (Wildman–Crippen MR) is 77.3 cm³/mol. The van der Waals surface area contributed by atoms with Crippen LogP contribution in [0.15, 0.2) is 36.7 Å². The molecule has 0 amide bonds. The van der Waals surface area contributed by atoms with Crippen LogP contribution in [-0.2, 0) is 0 Å². The zero-order valence-electron chi connectivity index (χ0n) is 11.1. The van der Waals surface area contributed by atoms with Crippen molar-refractivity contribution in [3.05, 3.63) is 52.8 Å². The average molecular weight is 292 g/mol. The molecule has 6 heteroatoms. The van der Waals surface area contributed by atoms with E-state index in [2.05, 4.69) is 9.97 Å². The Morgan fingerprint density at radius 2 is 2.00 bits per heavy atom. The van der Waals surface area contributed by atoms with E-state index >= 15 is 0 Å². The fourth-order valence-electron chi connectivity index (χ4n) is 1.78. The summed E-state index contributed by atoms with van der Waals surface area (Å²) in [5.74, 6) is -0.579. The van der Waals surface area contributed by atoms with Gasteiger partial charge >= 0.3 is 5.97 Å². The maximum atomic E-state index is 10.8. The molecule has 1 N–H and O–H groups in total. The second kappa shape index (κ2) is 5.88. The lowest BCUT2D eigenvalue weighted by molar-refractivity contribution is 0.0696. The van der Waals surface area contributed by atoms with E-state index in [-0.39, 0.29) is 11.6 Å². The second-order valence-corrected chi connectivity index (χ2v) is 4.86. The molecule has 0 aliphatic rings. The largest absolute Gasteiger partial charge is 0.478 e. The fourth-order valence-corrected chi connectivity index (χ4v) is 1.98. The van der Waals surface area contributed by atoms with Crippen molar-refractivity contribution in [2.24, 2.45) is 0 Å². The lowest BCUT2D eigenvalue weighted by Crippen LogP contribution is -2.23. The standard InChI is InChI=1S/C14H14ClN3O2/c1-9(10-4-3-5-12(15)6-10)18(2)14-16-7-11(8-17-14)13(19)20/h3-9H,1-2H3,(H,19,20). The SMILES string of the molecule is CC(c1cccc(Cl)c1)N(C)c1ncc(C(=O)O)cn1. The van der Waals surface area contributed by atoms with Crippen LogP contribution in [0.25, 0.3) is 0 Å². The maximum absolute atomic E-state index is 10.8. The van der Waals surface area contributed by atoms with E-state index in [0.29, 0.717) is 11.0 Å². The number of hydrogen-bond acceptors (Lipinski definition) is 4. The highest BCUT2D eigenvalue weighted by atomic mass is 35.5. The van der Waals surface area contributed by atoms with Crippen LogP contribution in [0, 0.1) is 0 Å². The Kier molecular flexibility index (Phi) is 4.20. The Bertz CT molecular complexity index is 616. The Labute approximate surface area is 121 Å². The third-order valence-corrected chi connectivity index (χ3v) is 3.35. The Balaban J connectivity index is 2.22. The van der Waals surface area contributed by atoms with Gasteiger partial charge in [-0.3, -0.25) is 0 Å². The van der Waals surface area contributed by atoms with Gasteiger partial charge in [0.25, 0.3) is 0 Å². The number of aromatic nitrogens is 2. The van der Waals surface area contributed by atoms with Gasteiger partial charge in [0, 0.05) is 24.5 Å². The molecule has 104 valence electrons. The summed E-state index contributed by atoms with van der Waals surface area (Å²) in [4.78, 5) is 20.8. The molecule has 1 aromatic carbocycles. The Hall–Kier alpha value is -2.14. The van der Waals surface area contributed by atoms with Crippen LogP contribution >= 0.6 is 11.6 Å². The van der Waals surface area contributed by atoms with Gasteiger partial charge in [0.15, 0.2) is 0 Å². The highest BCUT2D eigenvalue weighted by Crippen LogP contribution is 2.24. The van der Waals surface area contributed by atoms with Crippen molar-refractivity contribution in [3.8, 4) is 0 Å². The number of rotatable bonds is 4. The first kappa shape index (κ1) is 14.3. The number of anilines is 1. The van der Waals surface area contributed by atoms with Crippen molar-refractivity contribution in [1.82, 2.24) is 9.97 Å². The maximum Gasteiger partial charge on any atom is 0.338 e. The highest BCUT2D eigenvalue weighted by Gasteiger charge is 2.15. The van der Waals surface area contributed by atoms with Crippen molar-refractivity contribution in [2.45, 2.75) is 13.0 Å². The molecule has 1 aromatic heterocycles. The van der Waals surface area contributed by atoms with Crippen LogP contribution in [0.5, 0.6) is 0 Å². The minimum atomic E-state index is -1.04. The van der Waals surface area contributed by atoms with Gasteiger partial charge in [0.05, 0.1) is 11.6 Å². The molecular formula is C14H14ClN3O2. The minimum Gasteiger partial charge on any atom is -0.478 e. The molecule has 0 radical (unpaired) electrons. The zero-order chi connectivity index (χ0) is 14.7. The van der Waals surface area contributed by atoms with Gasteiger partial charge in [-0.2, -0.15) is 0 Å². The molecule has 0 saturated carbocycles. The van der Waals surface area contributed by atoms with Gasteiger partial charge in [-0.1, -0.05) is 23.7 Å². The van der Waals surface area contributed by atoms with Gasteiger partial charge in [-0.15, -0.1) is 0 Å². The first-order valence-corrected chi connectivity index (χ1v) is 6.40. The van der Waals surface area contributed by atoms with Gasteiger partial charge in [-0.05, 0) is 24.6 Å². The normalized spacial score (nSPS) is 11.9. The van der Waals surface area contributed by atoms with E-state index in [9.17, 15) is 4.79 Å². The zero-order valence-corrected chi connectivity index (χ0v) is 11.9. The molecule has 0 saturated heterocycles. The predicted octanol–water partition coefficient (Wildman–Crippen LogP) is 3.03. The first-order chi connectivity index (χ1) is 9.49. The van der Waals surface area contributed by atoms with Crippen molar-refractivity contribution in [1.29, 1.82) is 0 Å². The van der Waals surface area contributed by atoms with Crippen LogP contribution in [0.4, 0.5) is 5.95 Å². The molecule has 2 aromatic rings. The number of halogens is 1. The number of nitrogens with zero attached hydrogens (tertiary/aromatic N) is 3. The summed E-state index contributed by atoms with van der Waals surface area (Å²) in [6, 6.07) is 7.57. The van der Waals surface area contributed by atoms with Gasteiger partial charge in [-0.25, -0.2) is 14.8 Å². The molecule has 5 nitrogen and oxygen atoms in total. The monoisotopic (exact) mass is 291 g/mol. The summed E-state index contributed by atoms with van der Waals surface area (Å²) < 4.78 is 0. The van der Waals surface area contributed by atoms with Crippen molar-refractivity contribution < 1.29 is 9.90 Å². The van der Waals surface area contributed by atoms with Crippen molar-refractivity contribution >= 4 is 23.5 Å². The molecule has 0 aliphatic heterocycles. The number of hydrogen-bond donors (Lipinski definition) is 1. The third-order valence-electron chi connectivity index (χ3n) is 3.11. The van der Waals surface area contributed by atoms with Gasteiger partial charge in [0.2, 0.25) is 5.95 Å². The summed E-state index contributed by atoms with van der Waals surface area (Å²) in [6.45, 7) is 2.00. The van der Waals surface area contributed by atoms with Crippen LogP contribution < -0.4 is 4.90 Å². The van der Waals surface area contributed by atoms with E-state index in [1.165, 1.54) is 12.4 Å². The molecule has 1 heterocycles. The summed E-state index contributed by atoms with van der Waals surface area (Å²) in [5.41, 5.74) is 1.10. The number of carboxylic acids is 1. The molecule has 0 aliphatic carbocycles. The molecule has 0 spiro atoms. The second-order valence-electron chi connectivity index (χ2n) is 4.42. The number of carbonyl (C=O) groups is 1. The molecule has 2 rings (SSSR count). The smallest absolute Gasteiger partial charge is 0.338 e. The summed E-state index contributed by atoms with van der Waals surface area (Å²) in [6.07, 6.45) is 2.59. The highest BCUT2D eigenvalue weighted by molar-refractivity contribution is 6.30. The van der Waals surface area contributed by atoms with E-state index in [0.717, 1.165) is 5.56 Å². The van der Waals surface area contributed by atoms with Crippen LogP contribution in [0.2, 0.25) is 5.02 Å². The summed E-state index contributed by atoms with van der Waals surface area (Å²) >= 11 is 5.98. The first-order valence-electron chi connectivity index (χ1n) is 6.02. The molecule has 0 bridgehead atoms. The molecule has 20 heavy (non-hydrogen) atoms. The van der Waals surface area contributed by atoms with E-state index in [1.54, 1.807) is 0 Å². The Morgan fingerprint density at radius 3 is 2.55 bits per heavy atom. The van der Waals surface area contributed by atoms with Gasteiger partial charge < -0.3 is 10.0 Å². The lowest BCUT2D eigenvalue weighted by Gasteiger charge is -2.25. The number of carboxylic acid groups (broad SMARTS) is 1. The topological polar surface area (TPSA) is 66.3 Å². The van der Waals surface area contributed by atoms with Crippen LogP contribution in [0.3, 0.4) is 0 Å². The molecular weight excluding hydrogens is 278 g/mol. The summed E-state index contributed by atoms with van der Waals surface area (Å²) in [5, 5.41) is 9.49. The van der Waals surface area contributed by atoms with E-state index < -0.39 is 5.97 Å². The quantitative estimate of drug-likeness (QED) is 0.938. The van der Waals surface area contributed by atoms with Gasteiger partial charge in [0.1, 0.15) is 0 Å². The van der Waals surface area contributed by atoms with E-state index in [4.69, 9.17) is 16.7 Å². The average Bonchev–Trinajstić information content (AvgIpc) is 2.46. The summed E-state index contributed by atoms with van der Waals surface area (Å²) in [7, 11) is 1.85. The molecule has 1 atom stereocenters. The molecule has 0 fully saturated rings. The van der Waals surface area contributed by atoms with Crippen molar-refractivity contribution in [2.75, 3.05) is 11.9 Å². The fraction of sp³-hybridized carbons (Fsp3) is 0.214.